The number of imidazole rings is 1. The molecule has 3 heterocycles. The van der Waals surface area contributed by atoms with Crippen LogP contribution in [0.15, 0.2) is 41.5 Å². The van der Waals surface area contributed by atoms with Gasteiger partial charge in [-0.15, -0.1) is 0 Å². The van der Waals surface area contributed by atoms with Crippen molar-refractivity contribution in [3.63, 3.8) is 0 Å². The highest BCUT2D eigenvalue weighted by atomic mass is 31.2. The number of fused-ring (bicyclic) bond motifs is 1. The van der Waals surface area contributed by atoms with Crippen molar-refractivity contribution in [1.29, 1.82) is 0 Å². The molecule has 16 heteroatoms. The smallest absolute Gasteiger partial charge is 0.380 e. The van der Waals surface area contributed by atoms with Crippen molar-refractivity contribution >= 4 is 30.7 Å². The number of aromatic amines is 1. The minimum Gasteiger partial charge on any atom is -0.463 e. The van der Waals surface area contributed by atoms with Gasteiger partial charge in [-0.25, -0.2) is 13.9 Å². The van der Waals surface area contributed by atoms with E-state index in [1.807, 2.05) is 0 Å². The molecule has 0 amide bonds. The topological polar surface area (TPSA) is 201 Å². The summed E-state index contributed by atoms with van der Waals surface area (Å²) in [6.07, 6.45) is -4.62. The third-order valence-electron chi connectivity index (χ3n) is 6.19. The second-order valence-electron chi connectivity index (χ2n) is 9.75. The molecule has 1 aliphatic rings. The zero-order chi connectivity index (χ0) is 29.2. The summed E-state index contributed by atoms with van der Waals surface area (Å²) < 4.78 is 51.4. The lowest BCUT2D eigenvalue weighted by Crippen LogP contribution is -2.49. The average Bonchev–Trinajstić information content (AvgIpc) is 3.42. The quantitative estimate of drug-likeness (QED) is 0.188. The normalized spacial score (nSPS) is 25.1. The van der Waals surface area contributed by atoms with E-state index in [2.05, 4.69) is 15.0 Å². The molecule has 2 aromatic heterocycles. The molecule has 14 nitrogen and oxygen atoms in total. The van der Waals surface area contributed by atoms with Crippen LogP contribution in [0.1, 0.15) is 27.0 Å². The number of hydrogen-bond donors (Lipinski definition) is 4. The molecule has 1 aliphatic heterocycles. The molecule has 1 aromatic carbocycles. The zero-order valence-electron chi connectivity index (χ0n) is 22.0. The summed E-state index contributed by atoms with van der Waals surface area (Å²) in [6, 6.07) is 8.09. The van der Waals surface area contributed by atoms with Crippen LogP contribution < -0.4 is 15.8 Å². The number of nitrogens with zero attached hydrogens (tertiary/aromatic N) is 3. The van der Waals surface area contributed by atoms with Gasteiger partial charge in [0.1, 0.15) is 24.6 Å². The fourth-order valence-electron chi connectivity index (χ4n) is 4.23. The lowest BCUT2D eigenvalue weighted by molar-refractivity contribution is -0.151. The largest absolute Gasteiger partial charge is 0.463 e. The van der Waals surface area contributed by atoms with Crippen molar-refractivity contribution < 1.29 is 42.5 Å². The van der Waals surface area contributed by atoms with Crippen molar-refractivity contribution in [3.05, 3.63) is 47.0 Å². The Morgan fingerprint density at radius 1 is 1.32 bits per heavy atom. The van der Waals surface area contributed by atoms with E-state index in [0.29, 0.717) is 0 Å². The Bertz CT molecular complexity index is 1450. The van der Waals surface area contributed by atoms with Crippen molar-refractivity contribution in [1.82, 2.24) is 19.5 Å². The van der Waals surface area contributed by atoms with Gasteiger partial charge in [-0.1, -0.05) is 25.1 Å². The molecule has 1 saturated heterocycles. The van der Waals surface area contributed by atoms with Gasteiger partial charge < -0.3 is 29.9 Å². The summed E-state index contributed by atoms with van der Waals surface area (Å²) in [5.74, 6) is -1.58. The first-order valence-electron chi connectivity index (χ1n) is 12.4. The second-order valence-corrected chi connectivity index (χ2v) is 11.8. The summed E-state index contributed by atoms with van der Waals surface area (Å²) in [5, 5.41) is 21.9. The lowest BCUT2D eigenvalue weighted by atomic mass is 9.95. The Balaban J connectivity index is 1.58. The maximum Gasteiger partial charge on any atom is 0.380 e. The minimum atomic E-state index is -4.12. The molecule has 2 unspecified atom stereocenters. The number of hydrogen-bond acceptors (Lipinski definition) is 12. The number of carbonyl (C=O) groups is 1. The van der Waals surface area contributed by atoms with Gasteiger partial charge in [0, 0.05) is 0 Å². The number of nitrogen functional groups attached to an aromatic ring is 1. The number of aliphatic hydroxyl groups excluding tert-OH is 1. The summed E-state index contributed by atoms with van der Waals surface area (Å²) in [4.78, 5) is 34.7. The molecule has 0 radical (unpaired) electrons. The van der Waals surface area contributed by atoms with E-state index in [9.17, 15) is 28.8 Å². The van der Waals surface area contributed by atoms with E-state index in [-0.39, 0.29) is 29.0 Å². The van der Waals surface area contributed by atoms with Crippen LogP contribution in [0.3, 0.4) is 0 Å². The Labute approximate surface area is 227 Å². The molecule has 0 saturated carbocycles. The fraction of sp³-hybridized carbons (Fsp3) is 0.500. The first kappa shape index (κ1) is 29.6. The molecule has 40 heavy (non-hydrogen) atoms. The SMILES string of the molecule is CC(C)OC(=O)[C@H](C)CP(=O)(OC[C@H]1O[C@@H](n2cnc3c(=O)[nH]c(N)nc32)C(O)(CF)[C@H]1O)Oc1ccccc1. The van der Waals surface area contributed by atoms with Gasteiger partial charge in [0.05, 0.1) is 31.1 Å². The second kappa shape index (κ2) is 11.6. The number of ether oxygens (including phenoxy) is 2. The van der Waals surface area contributed by atoms with Gasteiger partial charge in [0.15, 0.2) is 23.0 Å². The van der Waals surface area contributed by atoms with Gasteiger partial charge in [-0.05, 0) is 26.0 Å². The molecular weight excluding hydrogens is 552 g/mol. The van der Waals surface area contributed by atoms with Gasteiger partial charge in [-0.2, -0.15) is 4.98 Å². The Kier molecular flexibility index (Phi) is 8.61. The number of aromatic nitrogens is 4. The van der Waals surface area contributed by atoms with Crippen LogP contribution in [0.25, 0.3) is 11.2 Å². The predicted octanol–water partition coefficient (Wildman–Crippen LogP) is 1.54. The Morgan fingerprint density at radius 2 is 2.02 bits per heavy atom. The molecule has 6 atom stereocenters. The number of anilines is 1. The number of alkyl halides is 1. The van der Waals surface area contributed by atoms with Crippen LogP contribution in [0, 0.1) is 5.92 Å². The predicted molar refractivity (Wildman–Crippen MR) is 139 cm³/mol. The fourth-order valence-corrected chi connectivity index (χ4v) is 6.10. The Morgan fingerprint density at radius 3 is 2.67 bits per heavy atom. The Hall–Kier alpha value is -3.36. The van der Waals surface area contributed by atoms with E-state index >= 15 is 0 Å². The first-order valence-corrected chi connectivity index (χ1v) is 14.1. The maximum absolute atomic E-state index is 14.2. The van der Waals surface area contributed by atoms with Gasteiger partial charge in [-0.3, -0.25) is 23.7 Å². The zero-order valence-corrected chi connectivity index (χ0v) is 22.9. The van der Waals surface area contributed by atoms with Crippen molar-refractivity contribution in [2.24, 2.45) is 5.92 Å². The number of H-pyrrole nitrogens is 1. The lowest BCUT2D eigenvalue weighted by Gasteiger charge is -2.28. The summed E-state index contributed by atoms with van der Waals surface area (Å²) in [7, 11) is -4.12. The number of carbonyl (C=O) groups excluding carboxylic acids is 1. The van der Waals surface area contributed by atoms with Gasteiger partial charge in [0.2, 0.25) is 5.95 Å². The number of nitrogens with two attached hydrogens (primary N) is 1. The highest BCUT2D eigenvalue weighted by Crippen LogP contribution is 2.51. The molecule has 4 rings (SSSR count). The van der Waals surface area contributed by atoms with E-state index in [4.69, 9.17) is 24.3 Å². The van der Waals surface area contributed by atoms with Gasteiger partial charge >= 0.3 is 13.6 Å². The van der Waals surface area contributed by atoms with Crippen LogP contribution in [0.5, 0.6) is 5.75 Å². The molecule has 1 fully saturated rings. The first-order chi connectivity index (χ1) is 18.9. The summed E-state index contributed by atoms with van der Waals surface area (Å²) >= 11 is 0. The maximum atomic E-state index is 14.2. The third-order valence-corrected chi connectivity index (χ3v) is 8.21. The number of rotatable bonds is 11. The number of halogens is 1. The molecular formula is C24H31FN5O9P. The highest BCUT2D eigenvalue weighted by molar-refractivity contribution is 7.54. The van der Waals surface area contributed by atoms with Crippen LogP contribution in [-0.2, 0) is 23.4 Å². The van der Waals surface area contributed by atoms with Crippen molar-refractivity contribution in [3.8, 4) is 5.75 Å². The van der Waals surface area contributed by atoms with E-state index in [1.54, 1.807) is 32.0 Å². The monoisotopic (exact) mass is 583 g/mol. The van der Waals surface area contributed by atoms with E-state index in [0.717, 1.165) is 10.9 Å². The molecule has 0 spiro atoms. The highest BCUT2D eigenvalue weighted by Gasteiger charge is 2.57. The molecule has 5 N–H and O–H groups in total. The molecule has 218 valence electrons. The summed E-state index contributed by atoms with van der Waals surface area (Å²) in [5.41, 5.74) is 2.14. The standard InChI is InChI=1S/C24H31FN5O9P/c1-13(2)37-21(33)14(3)10-40(35,39-15-7-5-4-6-8-15)36-9-16-18(31)24(34,11-25)22(38-16)30-12-27-17-19(30)28-23(26)29-20(17)32/h4-8,12-14,16,18,22,31,34H,9-11H2,1-3H3,(H3,26,28,29,32)/t14-,16-,18+,22-,24?,40?/m1/s1. The molecule has 0 bridgehead atoms. The van der Waals surface area contributed by atoms with E-state index in [1.165, 1.54) is 19.1 Å². The molecule has 3 aromatic rings. The number of benzene rings is 1. The van der Waals surface area contributed by atoms with Crippen molar-refractivity contribution in [2.75, 3.05) is 25.2 Å². The number of aliphatic hydroxyl groups is 2. The van der Waals surface area contributed by atoms with E-state index < -0.39 is 68.5 Å². The van der Waals surface area contributed by atoms with Crippen LogP contribution >= 0.6 is 7.60 Å². The number of nitrogens with one attached hydrogen (secondary N) is 1. The van der Waals surface area contributed by atoms with Gasteiger partial charge in [0.25, 0.3) is 5.56 Å². The molecule has 0 aliphatic carbocycles. The van der Waals surface area contributed by atoms with Crippen LogP contribution in [-0.4, -0.2) is 79.1 Å². The summed E-state index contributed by atoms with van der Waals surface area (Å²) in [6.45, 7) is 2.75. The average molecular weight is 584 g/mol. The minimum absolute atomic E-state index is 0.123. The van der Waals surface area contributed by atoms with Crippen LogP contribution in [0.4, 0.5) is 10.3 Å². The third kappa shape index (κ3) is 6.03. The number of esters is 1. The number of para-hydroxylation sites is 1. The van der Waals surface area contributed by atoms with Crippen LogP contribution in [0.2, 0.25) is 0 Å². The van der Waals surface area contributed by atoms with Crippen molar-refractivity contribution in [2.45, 2.75) is 50.9 Å².